The van der Waals surface area contributed by atoms with Gasteiger partial charge in [0.1, 0.15) is 27.9 Å². The van der Waals surface area contributed by atoms with Crippen molar-refractivity contribution in [1.29, 1.82) is 0 Å². The Bertz CT molecular complexity index is 5540. The highest BCUT2D eigenvalue weighted by atomic mass is 28.3. The fourth-order valence-electron chi connectivity index (χ4n) is 14.6. The van der Waals surface area contributed by atoms with E-state index in [0.29, 0.717) is 0 Å². The van der Waals surface area contributed by atoms with Crippen LogP contribution in [-0.2, 0) is 5.41 Å². The summed E-state index contributed by atoms with van der Waals surface area (Å²) in [6.45, 7) is 16.2. The number of aryl methyl sites for hydroxylation is 4. The van der Waals surface area contributed by atoms with Crippen LogP contribution in [0.1, 0.15) is 44.5 Å². The second kappa shape index (κ2) is 18.8. The third-order valence-electron chi connectivity index (χ3n) is 18.5. The highest BCUT2D eigenvalue weighted by Gasteiger charge is 2.51. The highest BCUT2D eigenvalue weighted by Crippen LogP contribution is 2.65. The molecule has 0 saturated carbocycles. The van der Waals surface area contributed by atoms with Gasteiger partial charge in [0.2, 0.25) is 0 Å². The van der Waals surface area contributed by atoms with E-state index >= 15 is 0 Å². The molecular weight excluding hydrogens is 1080 g/mol. The Morgan fingerprint density at radius 2 is 0.770 bits per heavy atom. The van der Waals surface area contributed by atoms with Gasteiger partial charge >= 0.3 is 0 Å². The molecule has 1 atom stereocenters. The first-order valence-corrected chi connectivity index (χ1v) is 33.6. The fourth-order valence-corrected chi connectivity index (χ4v) is 15.8. The van der Waals surface area contributed by atoms with E-state index in [0.717, 1.165) is 161 Å². The van der Waals surface area contributed by atoms with Crippen molar-refractivity contribution in [3.8, 4) is 11.1 Å². The molecule has 87 heavy (non-hydrogen) atoms. The zero-order valence-corrected chi connectivity index (χ0v) is 50.5. The van der Waals surface area contributed by atoms with Crippen LogP contribution in [0.5, 0.6) is 0 Å². The van der Waals surface area contributed by atoms with E-state index in [2.05, 4.69) is 288 Å². The maximum Gasteiger partial charge on any atom is 0.160 e. The van der Waals surface area contributed by atoms with Crippen molar-refractivity contribution in [3.63, 3.8) is 0 Å². The normalized spacial score (nSPS) is 14.2. The van der Waals surface area contributed by atoms with Crippen LogP contribution >= 0.6 is 0 Å². The van der Waals surface area contributed by atoms with Crippen LogP contribution in [0.15, 0.2) is 254 Å². The second-order valence-corrected chi connectivity index (χ2v) is 30.1. The molecule has 4 heterocycles. The molecule has 17 rings (SSSR count). The molecule has 0 saturated heterocycles. The number of benzene rings is 12. The largest absolute Gasteiger partial charge is 0.455 e. The summed E-state index contributed by atoms with van der Waals surface area (Å²) in [5, 5.41) is 9.65. The van der Waals surface area contributed by atoms with Gasteiger partial charge in [0.25, 0.3) is 0 Å². The average Bonchev–Trinajstić information content (AvgIpc) is 1.51. The van der Waals surface area contributed by atoms with Crippen LogP contribution in [0.25, 0.3) is 98.9 Å². The summed E-state index contributed by atoms with van der Waals surface area (Å²) in [5.41, 5.74) is 22.4. The molecule has 1 aliphatic rings. The number of para-hydroxylation sites is 6. The lowest BCUT2D eigenvalue weighted by Crippen LogP contribution is -2.38. The standard InChI is InChI=1S/C80H60N2O4Si/c1-47-20-16-22-52(42-47)81(64-30-18-28-57-55-24-8-12-32-68(55)83-76(57)64)66-45-63-75(79-72(66)59-26-10-14-34-70(59)86-79)74-62(80(63,61-44-49(3)36-37-50(61)4)51-38-40-54(41-39-51)87(5,6)7)46-67(78-73(74)60-27-11-15-35-71(60)85-78)82(53-23-17-21-48(2)43-53)65-31-19-29-58-56-25-9-13-33-69(56)84-77(58)65/h8-46H,1-7H3. The summed E-state index contributed by atoms with van der Waals surface area (Å²) in [6.07, 6.45) is 0. The minimum absolute atomic E-state index is 0.757. The van der Waals surface area contributed by atoms with Gasteiger partial charge in [-0.2, -0.15) is 0 Å². The van der Waals surface area contributed by atoms with Crippen LogP contribution in [0.4, 0.5) is 34.1 Å². The minimum atomic E-state index is -1.81. The summed E-state index contributed by atoms with van der Waals surface area (Å²) in [7, 11) is -1.81. The third kappa shape index (κ3) is 7.45. The molecule has 1 unspecified atom stereocenters. The van der Waals surface area contributed by atoms with Crippen molar-refractivity contribution in [2.45, 2.75) is 52.8 Å². The van der Waals surface area contributed by atoms with Crippen LogP contribution < -0.4 is 15.0 Å². The molecule has 418 valence electrons. The van der Waals surface area contributed by atoms with Crippen molar-refractivity contribution >= 4 is 135 Å². The van der Waals surface area contributed by atoms with Crippen LogP contribution in [0.3, 0.4) is 0 Å². The van der Waals surface area contributed by atoms with E-state index in [-0.39, 0.29) is 0 Å². The predicted octanol–water partition coefficient (Wildman–Crippen LogP) is 22.4. The molecule has 1 aliphatic carbocycles. The Hall–Kier alpha value is -10.3. The lowest BCUT2D eigenvalue weighted by molar-refractivity contribution is 0.666. The first kappa shape index (κ1) is 51.1. The van der Waals surface area contributed by atoms with Gasteiger partial charge in [-0.15, -0.1) is 0 Å². The molecule has 12 aromatic carbocycles. The number of anilines is 6. The van der Waals surface area contributed by atoms with Gasteiger partial charge in [0.05, 0.1) is 41.6 Å². The van der Waals surface area contributed by atoms with Gasteiger partial charge in [-0.05, 0) is 139 Å². The van der Waals surface area contributed by atoms with Crippen molar-refractivity contribution in [3.05, 3.63) is 281 Å². The van der Waals surface area contributed by atoms with Crippen molar-refractivity contribution in [2.75, 3.05) is 9.80 Å². The lowest BCUT2D eigenvalue weighted by atomic mass is 9.66. The van der Waals surface area contributed by atoms with Crippen molar-refractivity contribution in [1.82, 2.24) is 0 Å². The molecule has 0 amide bonds. The van der Waals surface area contributed by atoms with Crippen molar-refractivity contribution in [2.24, 2.45) is 0 Å². The van der Waals surface area contributed by atoms with Crippen LogP contribution in [0, 0.1) is 27.7 Å². The Morgan fingerprint density at radius 3 is 1.33 bits per heavy atom. The number of fused-ring (bicyclic) bond motifs is 17. The van der Waals surface area contributed by atoms with Gasteiger partial charge < -0.3 is 27.5 Å². The molecule has 0 aliphatic heterocycles. The lowest BCUT2D eigenvalue weighted by Gasteiger charge is -2.37. The topological polar surface area (TPSA) is 59.0 Å². The van der Waals surface area contributed by atoms with E-state index < -0.39 is 13.5 Å². The maximum absolute atomic E-state index is 7.70. The minimum Gasteiger partial charge on any atom is -0.455 e. The molecule has 0 fully saturated rings. The van der Waals surface area contributed by atoms with Gasteiger partial charge in [0.15, 0.2) is 16.7 Å². The number of hydrogen-bond acceptors (Lipinski definition) is 6. The maximum atomic E-state index is 7.70. The van der Waals surface area contributed by atoms with Gasteiger partial charge in [0, 0.05) is 60.2 Å². The highest BCUT2D eigenvalue weighted by molar-refractivity contribution is 6.88. The molecule has 6 nitrogen and oxygen atoms in total. The Kier molecular flexibility index (Phi) is 11.1. The van der Waals surface area contributed by atoms with E-state index in [9.17, 15) is 0 Å². The van der Waals surface area contributed by atoms with Gasteiger partial charge in [-0.3, -0.25) is 0 Å². The van der Waals surface area contributed by atoms with Crippen LogP contribution in [0.2, 0.25) is 19.6 Å². The number of hydrogen-bond donors (Lipinski definition) is 0. The summed E-state index contributed by atoms with van der Waals surface area (Å²) >= 11 is 0. The molecule has 0 spiro atoms. The average molecular weight is 1140 g/mol. The summed E-state index contributed by atoms with van der Waals surface area (Å²) < 4.78 is 29.3. The molecule has 0 bridgehead atoms. The Morgan fingerprint density at radius 1 is 0.322 bits per heavy atom. The smallest absolute Gasteiger partial charge is 0.160 e. The number of rotatable bonds is 9. The summed E-state index contributed by atoms with van der Waals surface area (Å²) in [5.74, 6) is 0. The summed E-state index contributed by atoms with van der Waals surface area (Å²) in [4.78, 5) is 4.83. The number of furan rings is 4. The zero-order chi connectivity index (χ0) is 58.6. The summed E-state index contributed by atoms with van der Waals surface area (Å²) in [6, 6.07) is 86.4. The first-order chi connectivity index (χ1) is 42.4. The molecule has 0 radical (unpaired) electrons. The quantitative estimate of drug-likeness (QED) is 0.134. The first-order valence-electron chi connectivity index (χ1n) is 30.1. The van der Waals surface area contributed by atoms with E-state index in [1.165, 1.54) is 21.9 Å². The third-order valence-corrected chi connectivity index (χ3v) is 20.6. The molecule has 16 aromatic rings. The molecule has 0 N–H and O–H groups in total. The molecular formula is C80H60N2O4Si. The van der Waals surface area contributed by atoms with Gasteiger partial charge in [-0.1, -0.05) is 194 Å². The Labute approximate surface area is 504 Å². The van der Waals surface area contributed by atoms with E-state index in [1.54, 1.807) is 0 Å². The predicted molar refractivity (Wildman–Crippen MR) is 364 cm³/mol. The monoisotopic (exact) mass is 1140 g/mol. The molecule has 4 aromatic heterocycles. The van der Waals surface area contributed by atoms with Crippen LogP contribution in [-0.4, -0.2) is 8.07 Å². The molecule has 7 heteroatoms. The second-order valence-electron chi connectivity index (χ2n) is 25.0. The van der Waals surface area contributed by atoms with E-state index in [1.807, 2.05) is 6.07 Å². The fraction of sp³-hybridized carbons (Fsp3) is 0.100. The van der Waals surface area contributed by atoms with E-state index in [4.69, 9.17) is 17.7 Å². The number of nitrogens with zero attached hydrogens (tertiary/aromatic N) is 2. The Balaban J connectivity index is 1.10. The zero-order valence-electron chi connectivity index (χ0n) is 49.5. The SMILES string of the molecule is Cc1cccc(N(c2cccc3c2oc2ccccc23)c2cc3c(c4c2oc2ccccc24)-c2c(cc(N(c4cccc(C)c4)c4cccc5c4oc4ccccc45)c4c2oc2ccccc24)C3(c2ccc([Si](C)(C)C)cc2)c2cc(C)ccc2C)c1. The van der Waals surface area contributed by atoms with Gasteiger partial charge in [-0.25, -0.2) is 0 Å². The van der Waals surface area contributed by atoms with Crippen molar-refractivity contribution < 1.29 is 17.7 Å².